The number of aldehydes is 1. The fraction of sp³-hybridized carbons (Fsp3) is 0.143. The van der Waals surface area contributed by atoms with Crippen molar-refractivity contribution in [3.63, 3.8) is 0 Å². The van der Waals surface area contributed by atoms with Gasteiger partial charge >= 0.3 is 0 Å². The van der Waals surface area contributed by atoms with Gasteiger partial charge in [-0.2, -0.15) is 5.10 Å². The van der Waals surface area contributed by atoms with Crippen LogP contribution in [0.25, 0.3) is 0 Å². The Bertz CT molecular complexity index is 313. The van der Waals surface area contributed by atoms with Crippen molar-refractivity contribution in [2.24, 2.45) is 0 Å². The Balaban J connectivity index is 2.33. The Kier molecular flexibility index (Phi) is 1.25. The van der Waals surface area contributed by atoms with Crippen LogP contribution in [0.1, 0.15) is 0 Å². The summed E-state index contributed by atoms with van der Waals surface area (Å²) in [6.07, 6.45) is 4.23. The van der Waals surface area contributed by atoms with E-state index in [9.17, 15) is 4.79 Å². The van der Waals surface area contributed by atoms with E-state index in [4.69, 9.17) is 0 Å². The van der Waals surface area contributed by atoms with Gasteiger partial charge < -0.3 is 5.32 Å². The molecule has 0 bridgehead atoms. The zero-order valence-corrected chi connectivity index (χ0v) is 5.82. The van der Waals surface area contributed by atoms with Crippen molar-refractivity contribution < 1.29 is 4.79 Å². The summed E-state index contributed by atoms with van der Waals surface area (Å²) in [5, 5.41) is 6.96. The van der Waals surface area contributed by atoms with Gasteiger partial charge in [0.1, 0.15) is 12.1 Å². The van der Waals surface area contributed by atoms with Crippen LogP contribution in [0.4, 0.5) is 5.82 Å². The molecule has 0 spiro atoms. The molecule has 0 amide bonds. The van der Waals surface area contributed by atoms with Crippen molar-refractivity contribution in [1.29, 1.82) is 0 Å². The number of carbonyl (C=O) groups excluding carboxylic acids is 1. The molecule has 1 aromatic heterocycles. The number of nitrogens with zero attached hydrogens (tertiary/aromatic N) is 2. The topological polar surface area (TPSA) is 46.9 Å². The molecule has 1 aromatic rings. The van der Waals surface area contributed by atoms with Crippen molar-refractivity contribution in [3.05, 3.63) is 24.0 Å². The van der Waals surface area contributed by atoms with E-state index in [-0.39, 0.29) is 0 Å². The lowest BCUT2D eigenvalue weighted by molar-refractivity contribution is -0.105. The van der Waals surface area contributed by atoms with Crippen LogP contribution >= 0.6 is 0 Å². The quantitative estimate of drug-likeness (QED) is 0.587. The van der Waals surface area contributed by atoms with E-state index in [1.165, 1.54) is 0 Å². The molecular weight excluding hydrogens is 142 g/mol. The molecule has 1 N–H and O–H groups in total. The number of anilines is 1. The third kappa shape index (κ3) is 0.920. The number of aromatic nitrogens is 2. The van der Waals surface area contributed by atoms with E-state index in [1.54, 1.807) is 17.1 Å². The normalized spacial score (nSPS) is 14.7. The molecule has 0 saturated carbocycles. The predicted octanol–water partition coefficient (Wildman–Crippen LogP) is 0.391. The molecule has 2 rings (SSSR count). The molecular formula is C7H7N3O. The summed E-state index contributed by atoms with van der Waals surface area (Å²) in [5.74, 6) is 0.926. The van der Waals surface area contributed by atoms with E-state index < -0.39 is 0 Å². The van der Waals surface area contributed by atoms with Crippen LogP contribution < -0.4 is 5.32 Å². The highest BCUT2D eigenvalue weighted by Gasteiger charge is 2.08. The third-order valence-electron chi connectivity index (χ3n) is 1.61. The molecule has 4 nitrogen and oxygen atoms in total. The number of rotatable bonds is 1. The highest BCUT2D eigenvalue weighted by Crippen LogP contribution is 2.13. The number of nitrogens with one attached hydrogen (secondary N) is 1. The average molecular weight is 149 g/mol. The average Bonchev–Trinajstić information content (AvgIpc) is 2.50. The Morgan fingerprint density at radius 3 is 3.45 bits per heavy atom. The van der Waals surface area contributed by atoms with E-state index in [0.717, 1.165) is 12.1 Å². The molecule has 1 aliphatic heterocycles. The van der Waals surface area contributed by atoms with Crippen LogP contribution in [-0.4, -0.2) is 16.1 Å². The molecule has 56 valence electrons. The van der Waals surface area contributed by atoms with Crippen LogP contribution in [0.15, 0.2) is 24.0 Å². The minimum absolute atomic E-state index is 0.568. The number of hydrogen-bond acceptors (Lipinski definition) is 3. The molecule has 0 saturated heterocycles. The summed E-state index contributed by atoms with van der Waals surface area (Å²) in [6.45, 7) is 0.568. The maximum absolute atomic E-state index is 10.3. The number of hydrogen-bond donors (Lipinski definition) is 1. The second kappa shape index (κ2) is 2.23. The van der Waals surface area contributed by atoms with E-state index in [0.29, 0.717) is 12.1 Å². The van der Waals surface area contributed by atoms with Crippen LogP contribution in [0.2, 0.25) is 0 Å². The summed E-state index contributed by atoms with van der Waals surface area (Å²) in [5.41, 5.74) is 0.709. The fourth-order valence-corrected chi connectivity index (χ4v) is 1.04. The molecule has 0 aromatic carbocycles. The van der Waals surface area contributed by atoms with E-state index in [2.05, 4.69) is 10.4 Å². The Hall–Kier alpha value is -1.58. The Labute approximate surface area is 63.5 Å². The van der Waals surface area contributed by atoms with Gasteiger partial charge in [0.05, 0.1) is 12.7 Å². The van der Waals surface area contributed by atoms with Gasteiger partial charge in [-0.15, -0.1) is 0 Å². The zero-order chi connectivity index (χ0) is 7.68. The zero-order valence-electron chi connectivity index (χ0n) is 5.82. The first kappa shape index (κ1) is 6.15. The summed E-state index contributed by atoms with van der Waals surface area (Å²) >= 11 is 0. The minimum atomic E-state index is 0.568. The van der Waals surface area contributed by atoms with Crippen LogP contribution in [0.5, 0.6) is 0 Å². The number of allylic oxidation sites excluding steroid dienone is 1. The summed E-state index contributed by atoms with van der Waals surface area (Å²) in [4.78, 5) is 10.3. The van der Waals surface area contributed by atoms with Crippen molar-refractivity contribution in [2.75, 3.05) is 5.32 Å². The number of fused-ring (bicyclic) bond motifs is 1. The lowest BCUT2D eigenvalue weighted by Crippen LogP contribution is -2.13. The molecule has 11 heavy (non-hydrogen) atoms. The lowest BCUT2D eigenvalue weighted by Gasteiger charge is -2.12. The largest absolute Gasteiger partial charge is 0.346 e. The SMILES string of the molecule is O=CC1=CNc2ccnn2C1. The molecule has 0 aliphatic carbocycles. The van der Waals surface area contributed by atoms with Crippen molar-refractivity contribution >= 4 is 12.1 Å². The van der Waals surface area contributed by atoms with Crippen LogP contribution in [-0.2, 0) is 11.3 Å². The summed E-state index contributed by atoms with van der Waals surface area (Å²) < 4.78 is 1.74. The number of carbonyl (C=O) groups is 1. The lowest BCUT2D eigenvalue weighted by atomic mass is 10.3. The van der Waals surface area contributed by atoms with Gasteiger partial charge in [-0.05, 0) is 0 Å². The smallest absolute Gasteiger partial charge is 0.149 e. The molecule has 4 heteroatoms. The van der Waals surface area contributed by atoms with E-state index in [1.807, 2.05) is 6.07 Å². The van der Waals surface area contributed by atoms with Crippen LogP contribution in [0.3, 0.4) is 0 Å². The minimum Gasteiger partial charge on any atom is -0.346 e. The first-order valence-corrected chi connectivity index (χ1v) is 3.33. The highest BCUT2D eigenvalue weighted by molar-refractivity contribution is 5.74. The van der Waals surface area contributed by atoms with Gasteiger partial charge in [0, 0.05) is 17.8 Å². The monoisotopic (exact) mass is 149 g/mol. The third-order valence-corrected chi connectivity index (χ3v) is 1.61. The van der Waals surface area contributed by atoms with Gasteiger partial charge in [0.15, 0.2) is 0 Å². The maximum Gasteiger partial charge on any atom is 0.149 e. The second-order valence-electron chi connectivity index (χ2n) is 2.36. The first-order valence-electron chi connectivity index (χ1n) is 3.33. The fourth-order valence-electron chi connectivity index (χ4n) is 1.04. The van der Waals surface area contributed by atoms with Crippen molar-refractivity contribution in [1.82, 2.24) is 9.78 Å². The standard InChI is InChI=1S/C7H7N3O/c11-5-6-3-8-7-1-2-9-10(7)4-6/h1-3,5,8H,4H2. The maximum atomic E-state index is 10.3. The molecule has 1 aliphatic rings. The molecule has 0 radical (unpaired) electrons. The van der Waals surface area contributed by atoms with Gasteiger partial charge in [-0.1, -0.05) is 0 Å². The summed E-state index contributed by atoms with van der Waals surface area (Å²) in [7, 11) is 0. The van der Waals surface area contributed by atoms with Gasteiger partial charge in [-0.3, -0.25) is 4.79 Å². The Morgan fingerprint density at radius 1 is 1.73 bits per heavy atom. The van der Waals surface area contributed by atoms with Gasteiger partial charge in [0.2, 0.25) is 0 Å². The van der Waals surface area contributed by atoms with Gasteiger partial charge in [0.25, 0.3) is 0 Å². The summed E-state index contributed by atoms with van der Waals surface area (Å²) in [6, 6.07) is 1.86. The predicted molar refractivity (Wildman–Crippen MR) is 40.0 cm³/mol. The molecule has 0 atom stereocenters. The highest BCUT2D eigenvalue weighted by atomic mass is 16.1. The first-order chi connectivity index (χ1) is 5.40. The van der Waals surface area contributed by atoms with Crippen molar-refractivity contribution in [3.8, 4) is 0 Å². The van der Waals surface area contributed by atoms with Crippen LogP contribution in [0, 0.1) is 0 Å². The van der Waals surface area contributed by atoms with Gasteiger partial charge in [-0.25, -0.2) is 4.68 Å². The second-order valence-corrected chi connectivity index (χ2v) is 2.36. The molecule has 2 heterocycles. The van der Waals surface area contributed by atoms with Crippen molar-refractivity contribution in [2.45, 2.75) is 6.54 Å². The molecule has 0 unspecified atom stereocenters. The Morgan fingerprint density at radius 2 is 2.64 bits per heavy atom. The van der Waals surface area contributed by atoms with E-state index >= 15 is 0 Å². The molecule has 0 fully saturated rings.